The topological polar surface area (TPSA) is 32.5 Å². The van der Waals surface area contributed by atoms with Gasteiger partial charge in [-0.1, -0.05) is 0 Å². The van der Waals surface area contributed by atoms with E-state index >= 15 is 0 Å². The molecule has 0 aliphatic carbocycles. The van der Waals surface area contributed by atoms with Crippen LogP contribution >= 0.6 is 0 Å². The number of piperazine rings is 1. The van der Waals surface area contributed by atoms with E-state index in [1.807, 2.05) is 0 Å². The summed E-state index contributed by atoms with van der Waals surface area (Å²) in [5.74, 6) is -0.196. The highest BCUT2D eigenvalue weighted by molar-refractivity contribution is 5.46. The summed E-state index contributed by atoms with van der Waals surface area (Å²) in [6.07, 6.45) is 2.62. The summed E-state index contributed by atoms with van der Waals surface area (Å²) in [7, 11) is 0. The lowest BCUT2D eigenvalue weighted by Crippen LogP contribution is -2.49. The van der Waals surface area contributed by atoms with Crippen LogP contribution in [0.1, 0.15) is 18.4 Å². The van der Waals surface area contributed by atoms with Gasteiger partial charge in [-0.2, -0.15) is 0 Å². The second-order valence-electron chi connectivity index (χ2n) is 5.41. The molecule has 3 rings (SSSR count). The number of rotatable bonds is 2. The van der Waals surface area contributed by atoms with E-state index in [2.05, 4.69) is 9.80 Å². The van der Waals surface area contributed by atoms with Crippen molar-refractivity contribution in [1.82, 2.24) is 9.80 Å². The molecule has 2 heterocycles. The molecule has 2 fully saturated rings. The first kappa shape index (κ1) is 11.9. The highest BCUT2D eigenvalue weighted by Gasteiger charge is 2.30. The van der Waals surface area contributed by atoms with Crippen molar-refractivity contribution in [1.29, 1.82) is 0 Å². The normalized spacial score (nSPS) is 25.3. The summed E-state index contributed by atoms with van der Waals surface area (Å²) in [5, 5.41) is 0. The molecule has 0 spiro atoms. The lowest BCUT2D eigenvalue weighted by Gasteiger charge is -2.37. The third-order valence-corrected chi connectivity index (χ3v) is 4.17. The van der Waals surface area contributed by atoms with Crippen molar-refractivity contribution >= 4 is 5.69 Å². The number of fused-ring (bicyclic) bond motifs is 1. The number of benzene rings is 1. The molecule has 2 aliphatic rings. The number of nitrogens with two attached hydrogens (primary N) is 1. The number of halogens is 1. The fraction of sp³-hybridized carbons (Fsp3) is 0.571. The van der Waals surface area contributed by atoms with Gasteiger partial charge in [-0.05, 0) is 43.1 Å². The van der Waals surface area contributed by atoms with Gasteiger partial charge in [0.1, 0.15) is 5.82 Å². The molecule has 1 aromatic rings. The average Bonchev–Trinajstić information content (AvgIpc) is 2.81. The Morgan fingerprint density at radius 1 is 1.28 bits per heavy atom. The lowest BCUT2D eigenvalue weighted by atomic mass is 10.1. The molecule has 0 saturated carbocycles. The van der Waals surface area contributed by atoms with Gasteiger partial charge in [0.15, 0.2) is 0 Å². The van der Waals surface area contributed by atoms with Crippen LogP contribution in [0.4, 0.5) is 10.1 Å². The molecule has 0 bridgehead atoms. The smallest absolute Gasteiger partial charge is 0.123 e. The molecule has 0 radical (unpaired) electrons. The fourth-order valence-electron chi connectivity index (χ4n) is 3.15. The van der Waals surface area contributed by atoms with Crippen molar-refractivity contribution in [2.75, 3.05) is 31.9 Å². The lowest BCUT2D eigenvalue weighted by molar-refractivity contribution is 0.0994. The Bertz CT molecular complexity index is 435. The van der Waals surface area contributed by atoms with Gasteiger partial charge in [-0.3, -0.25) is 9.80 Å². The molecule has 18 heavy (non-hydrogen) atoms. The molecule has 98 valence electrons. The molecule has 2 saturated heterocycles. The van der Waals surface area contributed by atoms with Crippen LogP contribution in [0.25, 0.3) is 0 Å². The Hall–Kier alpha value is -1.13. The number of hydrogen-bond donors (Lipinski definition) is 1. The van der Waals surface area contributed by atoms with E-state index in [1.165, 1.54) is 25.5 Å². The Kier molecular flexibility index (Phi) is 3.22. The molecule has 3 nitrogen and oxygen atoms in total. The third kappa shape index (κ3) is 2.35. The molecule has 0 amide bonds. The summed E-state index contributed by atoms with van der Waals surface area (Å²) >= 11 is 0. The van der Waals surface area contributed by atoms with Gasteiger partial charge in [0, 0.05) is 37.9 Å². The van der Waals surface area contributed by atoms with Crippen LogP contribution < -0.4 is 5.73 Å². The van der Waals surface area contributed by atoms with E-state index < -0.39 is 0 Å². The molecule has 0 aromatic heterocycles. The minimum absolute atomic E-state index is 0.196. The Balaban J connectivity index is 1.67. The maximum Gasteiger partial charge on any atom is 0.123 e. The number of hydrogen-bond acceptors (Lipinski definition) is 3. The Morgan fingerprint density at radius 3 is 3.06 bits per heavy atom. The monoisotopic (exact) mass is 249 g/mol. The van der Waals surface area contributed by atoms with Crippen molar-refractivity contribution < 1.29 is 4.39 Å². The van der Waals surface area contributed by atoms with Crippen molar-refractivity contribution in [2.45, 2.75) is 25.4 Å². The number of nitrogen functional groups attached to an aromatic ring is 1. The van der Waals surface area contributed by atoms with Gasteiger partial charge in [0.05, 0.1) is 0 Å². The van der Waals surface area contributed by atoms with Gasteiger partial charge in [0.25, 0.3) is 0 Å². The second kappa shape index (κ2) is 4.86. The van der Waals surface area contributed by atoms with Crippen LogP contribution in [-0.2, 0) is 6.54 Å². The summed E-state index contributed by atoms with van der Waals surface area (Å²) in [5.41, 5.74) is 7.53. The van der Waals surface area contributed by atoms with E-state index in [0.29, 0.717) is 11.7 Å². The molecule has 2 aliphatic heterocycles. The summed E-state index contributed by atoms with van der Waals surface area (Å²) in [4.78, 5) is 4.98. The zero-order chi connectivity index (χ0) is 12.5. The second-order valence-corrected chi connectivity index (χ2v) is 5.41. The van der Waals surface area contributed by atoms with Crippen LogP contribution in [0.3, 0.4) is 0 Å². The van der Waals surface area contributed by atoms with Crippen LogP contribution in [0.5, 0.6) is 0 Å². The SMILES string of the molecule is Nc1ccc(F)cc1CN1CCN2CCCC2C1. The first-order valence-corrected chi connectivity index (χ1v) is 6.73. The number of anilines is 1. The molecule has 1 atom stereocenters. The predicted molar refractivity (Wildman–Crippen MR) is 70.7 cm³/mol. The molecule has 1 aromatic carbocycles. The highest BCUT2D eigenvalue weighted by Crippen LogP contribution is 2.23. The van der Waals surface area contributed by atoms with Crippen molar-refractivity contribution in [3.05, 3.63) is 29.6 Å². The van der Waals surface area contributed by atoms with Gasteiger partial charge in [-0.15, -0.1) is 0 Å². The maximum atomic E-state index is 13.2. The van der Waals surface area contributed by atoms with E-state index in [4.69, 9.17) is 5.73 Å². The first-order chi connectivity index (χ1) is 8.72. The average molecular weight is 249 g/mol. The summed E-state index contributed by atoms with van der Waals surface area (Å²) in [6.45, 7) is 5.32. The van der Waals surface area contributed by atoms with Gasteiger partial charge < -0.3 is 5.73 Å². The zero-order valence-corrected chi connectivity index (χ0v) is 10.6. The zero-order valence-electron chi connectivity index (χ0n) is 10.6. The highest BCUT2D eigenvalue weighted by atomic mass is 19.1. The van der Waals surface area contributed by atoms with Crippen molar-refractivity contribution in [2.24, 2.45) is 0 Å². The largest absolute Gasteiger partial charge is 0.398 e. The van der Waals surface area contributed by atoms with Gasteiger partial charge >= 0.3 is 0 Å². The minimum atomic E-state index is -0.196. The molecule has 2 N–H and O–H groups in total. The van der Waals surface area contributed by atoms with E-state index in [9.17, 15) is 4.39 Å². The maximum absolute atomic E-state index is 13.2. The third-order valence-electron chi connectivity index (χ3n) is 4.17. The van der Waals surface area contributed by atoms with E-state index in [1.54, 1.807) is 12.1 Å². The van der Waals surface area contributed by atoms with Crippen molar-refractivity contribution in [3.8, 4) is 0 Å². The van der Waals surface area contributed by atoms with Crippen LogP contribution in [0.2, 0.25) is 0 Å². The quantitative estimate of drug-likeness (QED) is 0.810. The Morgan fingerprint density at radius 2 is 2.17 bits per heavy atom. The predicted octanol–water partition coefficient (Wildman–Crippen LogP) is 1.69. The first-order valence-electron chi connectivity index (χ1n) is 6.73. The molecule has 1 unspecified atom stereocenters. The summed E-state index contributed by atoms with van der Waals surface area (Å²) < 4.78 is 13.2. The fourth-order valence-corrected chi connectivity index (χ4v) is 3.15. The standard InChI is InChI=1S/C14H20FN3/c15-12-3-4-14(16)11(8-12)9-17-6-7-18-5-1-2-13(18)10-17/h3-4,8,13H,1-2,5-7,9-10,16H2. The van der Waals surface area contributed by atoms with E-state index in [-0.39, 0.29) is 5.82 Å². The van der Waals surface area contributed by atoms with Crippen LogP contribution in [0.15, 0.2) is 18.2 Å². The molecule has 4 heteroatoms. The van der Waals surface area contributed by atoms with E-state index in [0.717, 1.165) is 31.7 Å². The molecular formula is C14H20FN3. The minimum Gasteiger partial charge on any atom is -0.398 e. The van der Waals surface area contributed by atoms with Gasteiger partial charge in [-0.25, -0.2) is 4.39 Å². The van der Waals surface area contributed by atoms with Crippen LogP contribution in [0, 0.1) is 5.82 Å². The summed E-state index contributed by atoms with van der Waals surface area (Å²) in [6, 6.07) is 5.36. The van der Waals surface area contributed by atoms with Crippen molar-refractivity contribution in [3.63, 3.8) is 0 Å². The number of nitrogens with zero attached hydrogens (tertiary/aromatic N) is 2. The van der Waals surface area contributed by atoms with Gasteiger partial charge in [0.2, 0.25) is 0 Å². The Labute approximate surface area is 107 Å². The van der Waals surface area contributed by atoms with Crippen LogP contribution in [-0.4, -0.2) is 42.0 Å². The molecular weight excluding hydrogens is 229 g/mol.